The molecule has 3 aliphatic carbocycles. The number of hydrogen-bond acceptors (Lipinski definition) is 4. The highest BCUT2D eigenvalue weighted by molar-refractivity contribution is 6.35. The summed E-state index contributed by atoms with van der Waals surface area (Å²) in [5.41, 5.74) is 0.650. The molecule has 1 aromatic rings. The van der Waals surface area contributed by atoms with Crippen molar-refractivity contribution in [3.05, 3.63) is 28.5 Å². The second kappa shape index (κ2) is 6.19. The van der Waals surface area contributed by atoms with E-state index in [1.54, 1.807) is 13.1 Å². The van der Waals surface area contributed by atoms with Gasteiger partial charge in [-0.05, 0) is 55.1 Å². The summed E-state index contributed by atoms with van der Waals surface area (Å²) >= 11 is 6.18. The van der Waals surface area contributed by atoms with Gasteiger partial charge < -0.3 is 20.7 Å². The number of benzene rings is 1. The zero-order valence-electron chi connectivity index (χ0n) is 17.7. The van der Waals surface area contributed by atoms with Crippen LogP contribution in [-0.4, -0.2) is 46.4 Å². The molecular formula is C23H29ClFN3O2. The van der Waals surface area contributed by atoms with Gasteiger partial charge in [-0.2, -0.15) is 0 Å². The highest BCUT2D eigenvalue weighted by atomic mass is 35.5. The van der Waals surface area contributed by atoms with Gasteiger partial charge in [-0.25, -0.2) is 4.39 Å². The number of piperidine rings is 2. The van der Waals surface area contributed by atoms with Crippen molar-refractivity contribution in [2.24, 2.45) is 16.7 Å². The van der Waals surface area contributed by atoms with Crippen LogP contribution in [-0.2, 0) is 4.79 Å². The summed E-state index contributed by atoms with van der Waals surface area (Å²) in [6, 6.07) is 3.12. The summed E-state index contributed by atoms with van der Waals surface area (Å²) < 4.78 is 14.0. The Bertz CT molecular complexity index is 970. The number of hydrogen-bond donors (Lipinski definition) is 3. The van der Waals surface area contributed by atoms with E-state index in [0.717, 1.165) is 25.7 Å². The third kappa shape index (κ3) is 2.44. The van der Waals surface area contributed by atoms with Gasteiger partial charge in [0, 0.05) is 48.4 Å². The fourth-order valence-electron chi connectivity index (χ4n) is 7.47. The quantitative estimate of drug-likeness (QED) is 0.609. The van der Waals surface area contributed by atoms with Gasteiger partial charge in [0.05, 0.1) is 10.6 Å². The molecule has 0 aromatic heterocycles. The number of rotatable bonds is 5. The molecule has 5 nitrogen and oxygen atoms in total. The average Bonchev–Trinajstić information content (AvgIpc) is 2.75. The number of halogens is 2. The number of fused-ring (bicyclic) bond motifs is 4. The molecule has 1 aromatic carbocycles. The Morgan fingerprint density at radius 1 is 1.40 bits per heavy atom. The number of aliphatic hydroxyl groups is 1. The lowest BCUT2D eigenvalue weighted by Crippen LogP contribution is -2.73. The molecule has 3 saturated carbocycles. The highest BCUT2D eigenvalue weighted by Gasteiger charge is 2.78. The van der Waals surface area contributed by atoms with Gasteiger partial charge in [0.25, 0.3) is 0 Å². The average molecular weight is 434 g/mol. The molecule has 1 spiro atoms. The molecule has 5 rings (SSSR count). The summed E-state index contributed by atoms with van der Waals surface area (Å²) in [4.78, 5) is 15.5. The number of carbonyl (C=O) groups is 1. The fraction of sp³-hybridized carbons (Fsp3) is 0.652. The van der Waals surface area contributed by atoms with Gasteiger partial charge in [-0.3, -0.25) is 4.79 Å². The summed E-state index contributed by atoms with van der Waals surface area (Å²) in [7, 11) is 1.70. The Labute approximate surface area is 181 Å². The number of carbonyl (C=O) groups excluding carboxylic acids is 1. The van der Waals surface area contributed by atoms with Crippen molar-refractivity contribution in [1.29, 1.82) is 5.41 Å². The van der Waals surface area contributed by atoms with E-state index < -0.39 is 17.3 Å². The predicted octanol–water partition coefficient (Wildman–Crippen LogP) is 4.21. The Kier molecular flexibility index (Phi) is 4.18. The molecule has 30 heavy (non-hydrogen) atoms. The maximum atomic E-state index is 14.0. The summed E-state index contributed by atoms with van der Waals surface area (Å²) in [6.45, 7) is 4.07. The van der Waals surface area contributed by atoms with E-state index in [-0.39, 0.29) is 46.0 Å². The molecule has 162 valence electrons. The van der Waals surface area contributed by atoms with E-state index in [1.165, 1.54) is 6.07 Å². The maximum Gasteiger partial charge on any atom is 0.223 e. The molecular weight excluding hydrogens is 405 g/mol. The molecule has 7 heteroatoms. The normalized spacial score (nSPS) is 38.9. The van der Waals surface area contributed by atoms with Crippen LogP contribution in [0.3, 0.4) is 0 Å². The third-order valence-corrected chi connectivity index (χ3v) is 9.13. The standard InChI is InChI=1S/C23H29ClFN3O2/c1-12(20(26)18-15(27-3)5-4-14(25)19(18)24)6-17(29)28-13-7-22-9-16(28)21(22,2)10-23(30,8-13)11-22/h4-5,12-13,16,26-27,30H,6-11H2,1-3H3. The smallest absolute Gasteiger partial charge is 0.223 e. The van der Waals surface area contributed by atoms with Gasteiger partial charge in [0.15, 0.2) is 0 Å². The molecule has 4 aliphatic rings. The van der Waals surface area contributed by atoms with Crippen molar-refractivity contribution in [1.82, 2.24) is 4.90 Å². The van der Waals surface area contributed by atoms with Crippen LogP contribution in [0.25, 0.3) is 0 Å². The monoisotopic (exact) mass is 433 g/mol. The maximum absolute atomic E-state index is 14.0. The summed E-state index contributed by atoms with van der Waals surface area (Å²) in [5, 5.41) is 22.6. The minimum absolute atomic E-state index is 0.00627. The van der Waals surface area contributed by atoms with Crippen LogP contribution in [0.5, 0.6) is 0 Å². The second-order valence-electron chi connectivity index (χ2n) is 10.4. The minimum Gasteiger partial charge on any atom is -0.390 e. The Morgan fingerprint density at radius 3 is 2.83 bits per heavy atom. The zero-order chi connectivity index (χ0) is 21.6. The number of likely N-dealkylation sites (tertiary alicyclic amines) is 1. The van der Waals surface area contributed by atoms with E-state index in [4.69, 9.17) is 17.0 Å². The van der Waals surface area contributed by atoms with Crippen LogP contribution >= 0.6 is 11.6 Å². The lowest BCUT2D eigenvalue weighted by atomic mass is 9.43. The molecule has 4 bridgehead atoms. The van der Waals surface area contributed by atoms with Crippen molar-refractivity contribution in [3.8, 4) is 0 Å². The van der Waals surface area contributed by atoms with Crippen LogP contribution in [0.15, 0.2) is 12.1 Å². The molecule has 0 radical (unpaired) electrons. The largest absolute Gasteiger partial charge is 0.390 e. The molecule has 1 heterocycles. The number of nitrogens with one attached hydrogen (secondary N) is 2. The summed E-state index contributed by atoms with van der Waals surface area (Å²) in [5.74, 6) is -0.935. The second-order valence-corrected chi connectivity index (χ2v) is 10.8. The van der Waals surface area contributed by atoms with Crippen molar-refractivity contribution in [3.63, 3.8) is 0 Å². The Morgan fingerprint density at radius 2 is 2.13 bits per heavy atom. The Balaban J connectivity index is 1.37. The molecule has 3 N–H and O–H groups in total. The topological polar surface area (TPSA) is 76.4 Å². The van der Waals surface area contributed by atoms with Gasteiger partial charge >= 0.3 is 0 Å². The Hall–Kier alpha value is -1.66. The number of nitrogens with zero attached hydrogens (tertiary/aromatic N) is 1. The number of anilines is 1. The van der Waals surface area contributed by atoms with Crippen LogP contribution < -0.4 is 5.32 Å². The lowest BCUT2D eigenvalue weighted by Gasteiger charge is -2.70. The van der Waals surface area contributed by atoms with Crippen molar-refractivity contribution in [2.75, 3.05) is 12.4 Å². The van der Waals surface area contributed by atoms with Gasteiger partial charge in [0.2, 0.25) is 5.91 Å². The van der Waals surface area contributed by atoms with Gasteiger partial charge in [0.1, 0.15) is 5.82 Å². The van der Waals surface area contributed by atoms with E-state index in [0.29, 0.717) is 17.7 Å². The first-order valence-corrected chi connectivity index (χ1v) is 11.2. The van der Waals surface area contributed by atoms with Crippen LogP contribution in [0, 0.1) is 28.0 Å². The van der Waals surface area contributed by atoms with Crippen molar-refractivity contribution in [2.45, 2.75) is 70.1 Å². The highest BCUT2D eigenvalue weighted by Crippen LogP contribution is 2.78. The van der Waals surface area contributed by atoms with Crippen molar-refractivity contribution < 1.29 is 14.3 Å². The molecule has 1 aliphatic heterocycles. The third-order valence-electron chi connectivity index (χ3n) is 8.76. The van der Waals surface area contributed by atoms with E-state index in [9.17, 15) is 14.3 Å². The van der Waals surface area contributed by atoms with E-state index in [2.05, 4.69) is 12.2 Å². The van der Waals surface area contributed by atoms with Crippen LogP contribution in [0.4, 0.5) is 10.1 Å². The first kappa shape index (κ1) is 20.3. The minimum atomic E-state index is -0.628. The van der Waals surface area contributed by atoms with Gasteiger partial charge in [-0.15, -0.1) is 0 Å². The zero-order valence-corrected chi connectivity index (χ0v) is 18.4. The predicted molar refractivity (Wildman–Crippen MR) is 115 cm³/mol. The van der Waals surface area contributed by atoms with E-state index in [1.807, 2.05) is 11.8 Å². The first-order valence-electron chi connectivity index (χ1n) is 10.8. The molecule has 1 saturated heterocycles. The van der Waals surface area contributed by atoms with Crippen molar-refractivity contribution >= 4 is 28.9 Å². The van der Waals surface area contributed by atoms with Gasteiger partial charge in [-0.1, -0.05) is 25.4 Å². The summed E-state index contributed by atoms with van der Waals surface area (Å²) in [6.07, 6.45) is 4.50. The van der Waals surface area contributed by atoms with E-state index >= 15 is 0 Å². The SMILES string of the molecule is CNc1ccc(F)c(Cl)c1C(=N)C(C)CC(=O)N1C2CC3(O)CC4(C2)CC1C4(C)C3. The molecule has 6 unspecified atom stereocenters. The molecule has 6 atom stereocenters. The molecule has 1 amide bonds. The number of amides is 1. The lowest BCUT2D eigenvalue weighted by molar-refractivity contribution is -0.213. The fourth-order valence-corrected chi connectivity index (χ4v) is 7.74. The molecule has 4 fully saturated rings. The van der Waals surface area contributed by atoms with Crippen LogP contribution in [0.1, 0.15) is 57.9 Å². The first-order chi connectivity index (χ1) is 14.0. The van der Waals surface area contributed by atoms with Crippen LogP contribution in [0.2, 0.25) is 5.02 Å².